The minimum absolute atomic E-state index is 0.0479. The van der Waals surface area contributed by atoms with E-state index in [2.05, 4.69) is 0 Å². The number of aromatic hydroxyl groups is 1. The van der Waals surface area contributed by atoms with Gasteiger partial charge in [-0.05, 0) is 42.2 Å². The number of carbonyl (C=O) groups excluding carboxylic acids is 1. The molecule has 0 aliphatic carbocycles. The lowest BCUT2D eigenvalue weighted by Gasteiger charge is -2.13. The van der Waals surface area contributed by atoms with Crippen LogP contribution >= 0.6 is 35.7 Å². The molecule has 0 unspecified atom stereocenters. The van der Waals surface area contributed by atoms with E-state index in [9.17, 15) is 9.90 Å². The summed E-state index contributed by atoms with van der Waals surface area (Å²) in [6.45, 7) is 0.650. The van der Waals surface area contributed by atoms with Gasteiger partial charge in [-0.1, -0.05) is 30.0 Å². The molecule has 0 spiro atoms. The van der Waals surface area contributed by atoms with E-state index in [1.807, 2.05) is 6.26 Å². The van der Waals surface area contributed by atoms with Gasteiger partial charge in [0.05, 0.1) is 12.0 Å². The molecule has 7 heteroatoms. The van der Waals surface area contributed by atoms with Gasteiger partial charge in [0.2, 0.25) is 0 Å². The predicted molar refractivity (Wildman–Crippen MR) is 97.5 cm³/mol. The number of ether oxygens (including phenoxy) is 1. The summed E-state index contributed by atoms with van der Waals surface area (Å²) in [7, 11) is 1.49. The zero-order valence-corrected chi connectivity index (χ0v) is 14.8. The van der Waals surface area contributed by atoms with Gasteiger partial charge in [0.25, 0.3) is 5.91 Å². The molecular formula is C15H17NO3S3. The first-order valence-electron chi connectivity index (χ1n) is 6.68. The normalized spacial score (nSPS) is 16.6. The summed E-state index contributed by atoms with van der Waals surface area (Å²) in [5, 5.41) is 9.79. The van der Waals surface area contributed by atoms with Crippen LogP contribution in [0.1, 0.15) is 12.0 Å². The van der Waals surface area contributed by atoms with E-state index in [1.54, 1.807) is 40.9 Å². The van der Waals surface area contributed by atoms with Crippen LogP contribution in [0, 0.1) is 0 Å². The number of hydrogen-bond donors (Lipinski definition) is 1. The van der Waals surface area contributed by atoms with Gasteiger partial charge in [0.15, 0.2) is 11.5 Å². The molecule has 1 heterocycles. The smallest absolute Gasteiger partial charge is 0.266 e. The second kappa shape index (κ2) is 7.89. The number of hydrogen-bond acceptors (Lipinski definition) is 6. The van der Waals surface area contributed by atoms with Crippen LogP contribution in [0.3, 0.4) is 0 Å². The molecule has 1 aromatic carbocycles. The average molecular weight is 356 g/mol. The number of phenolic OH excluding ortho intramolecular Hbond substituents is 1. The Morgan fingerprint density at radius 1 is 1.50 bits per heavy atom. The minimum Gasteiger partial charge on any atom is -0.504 e. The molecule has 1 aromatic rings. The van der Waals surface area contributed by atoms with Crippen molar-refractivity contribution in [1.29, 1.82) is 0 Å². The molecule has 2 rings (SSSR count). The second-order valence-electron chi connectivity index (χ2n) is 4.61. The summed E-state index contributed by atoms with van der Waals surface area (Å²) >= 11 is 8.33. The largest absolute Gasteiger partial charge is 0.504 e. The van der Waals surface area contributed by atoms with E-state index < -0.39 is 0 Å². The highest BCUT2D eigenvalue weighted by molar-refractivity contribution is 8.26. The fourth-order valence-corrected chi connectivity index (χ4v) is 3.73. The van der Waals surface area contributed by atoms with E-state index in [0.29, 0.717) is 21.5 Å². The number of carbonyl (C=O) groups is 1. The van der Waals surface area contributed by atoms with Crippen LogP contribution in [-0.2, 0) is 4.79 Å². The highest BCUT2D eigenvalue weighted by Gasteiger charge is 2.31. The number of thiocarbonyl (C=S) groups is 1. The van der Waals surface area contributed by atoms with E-state index in [0.717, 1.165) is 17.7 Å². The quantitative estimate of drug-likeness (QED) is 0.480. The molecule has 118 valence electrons. The molecule has 4 nitrogen and oxygen atoms in total. The molecule has 1 aliphatic rings. The maximum absolute atomic E-state index is 12.4. The summed E-state index contributed by atoms with van der Waals surface area (Å²) in [4.78, 5) is 14.6. The summed E-state index contributed by atoms with van der Waals surface area (Å²) < 4.78 is 5.60. The molecule has 0 radical (unpaired) electrons. The first-order chi connectivity index (χ1) is 10.6. The Hall–Kier alpha value is -1.18. The van der Waals surface area contributed by atoms with Crippen molar-refractivity contribution in [1.82, 2.24) is 4.90 Å². The molecule has 22 heavy (non-hydrogen) atoms. The van der Waals surface area contributed by atoms with Gasteiger partial charge in [-0.2, -0.15) is 11.8 Å². The molecule has 1 amide bonds. The van der Waals surface area contributed by atoms with Crippen molar-refractivity contribution in [3.63, 3.8) is 0 Å². The lowest BCUT2D eigenvalue weighted by molar-refractivity contribution is -0.122. The minimum atomic E-state index is -0.0635. The van der Waals surface area contributed by atoms with Crippen molar-refractivity contribution in [3.8, 4) is 11.5 Å². The van der Waals surface area contributed by atoms with Gasteiger partial charge < -0.3 is 9.84 Å². The molecule has 1 aliphatic heterocycles. The van der Waals surface area contributed by atoms with E-state index >= 15 is 0 Å². The highest BCUT2D eigenvalue weighted by atomic mass is 32.2. The van der Waals surface area contributed by atoms with Crippen molar-refractivity contribution in [2.45, 2.75) is 6.42 Å². The Balaban J connectivity index is 2.14. The van der Waals surface area contributed by atoms with Crippen LogP contribution in [0.5, 0.6) is 11.5 Å². The van der Waals surface area contributed by atoms with Crippen LogP contribution in [0.15, 0.2) is 23.1 Å². The van der Waals surface area contributed by atoms with Crippen LogP contribution in [0.4, 0.5) is 0 Å². The first kappa shape index (κ1) is 17.2. The summed E-state index contributed by atoms with van der Waals surface area (Å²) in [5.41, 5.74) is 0.739. The second-order valence-corrected chi connectivity index (χ2v) is 7.27. The molecule has 0 atom stereocenters. The van der Waals surface area contributed by atoms with Crippen LogP contribution in [-0.4, -0.2) is 45.9 Å². The highest BCUT2D eigenvalue weighted by Crippen LogP contribution is 2.34. The Bertz CT molecular complexity index is 616. The first-order valence-corrected chi connectivity index (χ1v) is 9.30. The fourth-order valence-electron chi connectivity index (χ4n) is 2.01. The fraction of sp³-hybridized carbons (Fsp3) is 0.333. The molecule has 1 fully saturated rings. The molecule has 0 aromatic heterocycles. The van der Waals surface area contributed by atoms with Crippen LogP contribution in [0.2, 0.25) is 0 Å². The zero-order chi connectivity index (χ0) is 16.1. The zero-order valence-electron chi connectivity index (χ0n) is 12.4. The monoisotopic (exact) mass is 355 g/mol. The Kier molecular flexibility index (Phi) is 6.16. The van der Waals surface area contributed by atoms with Crippen LogP contribution < -0.4 is 4.74 Å². The van der Waals surface area contributed by atoms with Crippen molar-refractivity contribution >= 4 is 52.0 Å². The van der Waals surface area contributed by atoms with Gasteiger partial charge in [-0.15, -0.1) is 0 Å². The summed E-state index contributed by atoms with van der Waals surface area (Å²) in [5.74, 6) is 1.39. The standard InChI is InChI=1S/C15H17NO3S3/c1-19-12-5-4-10(8-11(12)17)9-13-14(18)16(15(20)22-13)6-3-7-21-2/h4-5,8-9,17H,3,6-7H2,1-2H3/b13-9-. The molecular weight excluding hydrogens is 338 g/mol. The average Bonchev–Trinajstić information content (AvgIpc) is 2.75. The third-order valence-corrected chi connectivity index (χ3v) is 5.18. The number of rotatable bonds is 6. The Morgan fingerprint density at radius 3 is 2.91 bits per heavy atom. The van der Waals surface area contributed by atoms with Gasteiger partial charge in [-0.25, -0.2) is 0 Å². The number of nitrogens with zero attached hydrogens (tertiary/aromatic N) is 1. The SMILES string of the molecule is COc1ccc(/C=C2\SC(=S)N(CCCSC)C2=O)cc1O. The van der Waals surface area contributed by atoms with E-state index in [4.69, 9.17) is 17.0 Å². The van der Waals surface area contributed by atoms with Crippen molar-refractivity contribution in [2.24, 2.45) is 0 Å². The van der Waals surface area contributed by atoms with E-state index in [1.165, 1.54) is 18.9 Å². The number of benzene rings is 1. The van der Waals surface area contributed by atoms with Crippen molar-refractivity contribution in [3.05, 3.63) is 28.7 Å². The molecule has 1 saturated heterocycles. The van der Waals surface area contributed by atoms with E-state index in [-0.39, 0.29) is 11.7 Å². The van der Waals surface area contributed by atoms with Gasteiger partial charge in [-0.3, -0.25) is 9.69 Å². The van der Waals surface area contributed by atoms with Crippen molar-refractivity contribution < 1.29 is 14.6 Å². The topological polar surface area (TPSA) is 49.8 Å². The Morgan fingerprint density at radius 2 is 2.27 bits per heavy atom. The number of phenols is 1. The van der Waals surface area contributed by atoms with Gasteiger partial charge >= 0.3 is 0 Å². The maximum atomic E-state index is 12.4. The maximum Gasteiger partial charge on any atom is 0.266 e. The molecule has 1 N–H and O–H groups in total. The van der Waals surface area contributed by atoms with Crippen molar-refractivity contribution in [2.75, 3.05) is 25.7 Å². The number of thioether (sulfide) groups is 2. The number of methoxy groups -OCH3 is 1. The third-order valence-electron chi connectivity index (χ3n) is 3.10. The van der Waals surface area contributed by atoms with Gasteiger partial charge in [0, 0.05) is 6.54 Å². The Labute approximate surface area is 143 Å². The molecule has 0 saturated carbocycles. The summed E-state index contributed by atoms with van der Waals surface area (Å²) in [6, 6.07) is 5.03. The molecule has 0 bridgehead atoms. The predicted octanol–water partition coefficient (Wildman–Crippen LogP) is 3.36. The lowest BCUT2D eigenvalue weighted by Crippen LogP contribution is -2.29. The van der Waals surface area contributed by atoms with Crippen LogP contribution in [0.25, 0.3) is 6.08 Å². The van der Waals surface area contributed by atoms with Gasteiger partial charge in [0.1, 0.15) is 4.32 Å². The number of amides is 1. The lowest BCUT2D eigenvalue weighted by atomic mass is 10.2. The third kappa shape index (κ3) is 3.97. The summed E-state index contributed by atoms with van der Waals surface area (Å²) in [6.07, 6.45) is 4.71.